The molecule has 2 aromatic rings. The van der Waals surface area contributed by atoms with E-state index in [2.05, 4.69) is 10.4 Å². The molecule has 1 amide bonds. The maximum atomic E-state index is 12.7. The lowest BCUT2D eigenvalue weighted by atomic mass is 9.97. The summed E-state index contributed by atoms with van der Waals surface area (Å²) < 4.78 is 26.5. The highest BCUT2D eigenvalue weighted by Gasteiger charge is 2.29. The number of halogens is 1. The van der Waals surface area contributed by atoms with Crippen LogP contribution in [0.1, 0.15) is 29.8 Å². The molecule has 152 valence electrons. The number of nitrogens with one attached hydrogen (secondary N) is 1. The normalized spacial score (nSPS) is 16.3. The van der Waals surface area contributed by atoms with Crippen LogP contribution in [0.5, 0.6) is 0 Å². The molecule has 0 radical (unpaired) electrons. The summed E-state index contributed by atoms with van der Waals surface area (Å²) in [4.78, 5) is 12.7. The van der Waals surface area contributed by atoms with Crippen molar-refractivity contribution in [1.29, 1.82) is 0 Å². The molecule has 1 aliphatic heterocycles. The van der Waals surface area contributed by atoms with Crippen LogP contribution in [0.2, 0.25) is 5.02 Å². The van der Waals surface area contributed by atoms with Crippen LogP contribution >= 0.6 is 11.6 Å². The fourth-order valence-electron chi connectivity index (χ4n) is 3.51. The lowest BCUT2D eigenvalue weighted by molar-refractivity contribution is -0.120. The number of aryl methyl sites for hydroxylation is 1. The summed E-state index contributed by atoms with van der Waals surface area (Å²) >= 11 is 6.05. The van der Waals surface area contributed by atoms with E-state index in [9.17, 15) is 13.2 Å². The first kappa shape index (κ1) is 20.8. The average Bonchev–Trinajstić information content (AvgIpc) is 2.88. The van der Waals surface area contributed by atoms with Crippen molar-refractivity contribution in [2.45, 2.75) is 33.2 Å². The van der Waals surface area contributed by atoms with Gasteiger partial charge < -0.3 is 5.32 Å². The maximum absolute atomic E-state index is 12.7. The van der Waals surface area contributed by atoms with E-state index in [4.69, 9.17) is 11.6 Å². The van der Waals surface area contributed by atoms with E-state index >= 15 is 0 Å². The van der Waals surface area contributed by atoms with E-state index < -0.39 is 10.0 Å². The molecular weight excluding hydrogens is 400 g/mol. The summed E-state index contributed by atoms with van der Waals surface area (Å²) in [5.74, 6) is -0.283. The van der Waals surface area contributed by atoms with Gasteiger partial charge >= 0.3 is 0 Å². The van der Waals surface area contributed by atoms with Crippen molar-refractivity contribution < 1.29 is 13.2 Å². The van der Waals surface area contributed by atoms with Gasteiger partial charge in [-0.1, -0.05) is 23.7 Å². The van der Waals surface area contributed by atoms with Crippen molar-refractivity contribution >= 4 is 33.2 Å². The predicted octanol–water partition coefficient (Wildman–Crippen LogP) is 2.81. The number of rotatable bonds is 5. The van der Waals surface area contributed by atoms with Crippen molar-refractivity contribution in [3.63, 3.8) is 0 Å². The van der Waals surface area contributed by atoms with E-state index in [1.165, 1.54) is 10.6 Å². The molecule has 1 aromatic heterocycles. The summed E-state index contributed by atoms with van der Waals surface area (Å²) in [5, 5.41) is 8.23. The van der Waals surface area contributed by atoms with Crippen LogP contribution in [0.4, 0.5) is 5.69 Å². The van der Waals surface area contributed by atoms with E-state index in [0.29, 0.717) is 37.5 Å². The summed E-state index contributed by atoms with van der Waals surface area (Å²) in [6, 6.07) is 7.60. The van der Waals surface area contributed by atoms with Gasteiger partial charge in [-0.05, 0) is 44.4 Å². The highest BCUT2D eigenvalue weighted by molar-refractivity contribution is 7.88. The van der Waals surface area contributed by atoms with E-state index in [-0.39, 0.29) is 11.8 Å². The lowest BCUT2D eigenvalue weighted by Crippen LogP contribution is -2.41. The van der Waals surface area contributed by atoms with Crippen LogP contribution in [-0.4, -0.2) is 47.8 Å². The van der Waals surface area contributed by atoms with E-state index in [0.717, 1.165) is 22.6 Å². The van der Waals surface area contributed by atoms with Gasteiger partial charge in [0.25, 0.3) is 0 Å². The van der Waals surface area contributed by atoms with E-state index in [1.54, 1.807) is 0 Å². The molecule has 1 aliphatic rings. The number of carbonyl (C=O) groups excluding carboxylic acids is 1. The molecule has 0 atom stereocenters. The summed E-state index contributed by atoms with van der Waals surface area (Å²) in [6.45, 7) is 5.11. The van der Waals surface area contributed by atoms with Gasteiger partial charge in [0, 0.05) is 24.0 Å². The smallest absolute Gasteiger partial charge is 0.227 e. The zero-order valence-corrected chi connectivity index (χ0v) is 17.8. The molecule has 2 heterocycles. The van der Waals surface area contributed by atoms with Crippen LogP contribution in [0.25, 0.3) is 0 Å². The highest BCUT2D eigenvalue weighted by atomic mass is 35.5. The zero-order valence-electron chi connectivity index (χ0n) is 16.3. The van der Waals surface area contributed by atoms with Crippen LogP contribution in [-0.2, 0) is 21.4 Å². The Morgan fingerprint density at radius 1 is 1.29 bits per heavy atom. The summed E-state index contributed by atoms with van der Waals surface area (Å²) in [6.07, 6.45) is 2.25. The molecule has 7 nitrogen and oxygen atoms in total. The average molecular weight is 425 g/mol. The minimum atomic E-state index is -3.20. The Hall–Kier alpha value is -1.90. The number of anilines is 1. The molecule has 0 saturated carbocycles. The number of nitrogens with zero attached hydrogens (tertiary/aromatic N) is 3. The Labute approximate surface area is 170 Å². The first-order chi connectivity index (χ1) is 13.1. The second-order valence-electron chi connectivity index (χ2n) is 7.26. The minimum Gasteiger partial charge on any atom is -0.323 e. The quantitative estimate of drug-likeness (QED) is 0.799. The van der Waals surface area contributed by atoms with Gasteiger partial charge in [-0.3, -0.25) is 9.48 Å². The number of aromatic nitrogens is 2. The van der Waals surface area contributed by atoms with Gasteiger partial charge in [-0.15, -0.1) is 0 Å². The van der Waals surface area contributed by atoms with Crippen LogP contribution in [0.3, 0.4) is 0 Å². The van der Waals surface area contributed by atoms with Crippen LogP contribution in [0.15, 0.2) is 24.3 Å². The molecule has 0 aliphatic carbocycles. The van der Waals surface area contributed by atoms with Gasteiger partial charge in [0.15, 0.2) is 0 Å². The number of benzene rings is 1. The molecular formula is C19H25ClN4O3S. The maximum Gasteiger partial charge on any atom is 0.227 e. The summed E-state index contributed by atoms with van der Waals surface area (Å²) in [5.41, 5.74) is 3.38. The number of hydrogen-bond donors (Lipinski definition) is 1. The number of hydrogen-bond acceptors (Lipinski definition) is 4. The number of sulfonamides is 1. The highest BCUT2D eigenvalue weighted by Crippen LogP contribution is 2.25. The number of amides is 1. The third-order valence-electron chi connectivity index (χ3n) is 5.14. The van der Waals surface area contributed by atoms with Gasteiger partial charge in [0.2, 0.25) is 15.9 Å². The molecule has 1 aromatic carbocycles. The third kappa shape index (κ3) is 4.74. The molecule has 1 saturated heterocycles. The largest absolute Gasteiger partial charge is 0.323 e. The second-order valence-corrected chi connectivity index (χ2v) is 9.68. The van der Waals surface area contributed by atoms with Gasteiger partial charge in [0.05, 0.1) is 29.9 Å². The Bertz CT molecular complexity index is 979. The molecule has 3 rings (SSSR count). The molecule has 28 heavy (non-hydrogen) atoms. The third-order valence-corrected chi connectivity index (χ3v) is 6.68. The zero-order chi connectivity index (χ0) is 20.5. The van der Waals surface area contributed by atoms with Gasteiger partial charge in [-0.2, -0.15) is 5.10 Å². The molecule has 0 bridgehead atoms. The minimum absolute atomic E-state index is 0.0818. The van der Waals surface area contributed by atoms with Crippen molar-refractivity contribution in [3.8, 4) is 0 Å². The molecule has 9 heteroatoms. The number of carbonyl (C=O) groups is 1. The fourth-order valence-corrected chi connectivity index (χ4v) is 4.60. The molecule has 1 fully saturated rings. The fraction of sp³-hybridized carbons (Fsp3) is 0.474. The van der Waals surface area contributed by atoms with Crippen molar-refractivity contribution in [1.82, 2.24) is 14.1 Å². The van der Waals surface area contributed by atoms with Crippen molar-refractivity contribution in [3.05, 3.63) is 46.2 Å². The Morgan fingerprint density at radius 3 is 2.57 bits per heavy atom. The van der Waals surface area contributed by atoms with Crippen molar-refractivity contribution in [2.24, 2.45) is 5.92 Å². The van der Waals surface area contributed by atoms with Crippen LogP contribution < -0.4 is 5.32 Å². The van der Waals surface area contributed by atoms with Crippen molar-refractivity contribution in [2.75, 3.05) is 24.7 Å². The SMILES string of the molecule is Cc1nn(Cc2cccc(Cl)c2)c(C)c1NC(=O)C1CCN(S(C)(=O)=O)CC1. The Balaban J connectivity index is 1.68. The van der Waals surface area contributed by atoms with Gasteiger partial charge in [0.1, 0.15) is 0 Å². The molecule has 0 spiro atoms. The Kier molecular flexibility index (Phi) is 6.12. The van der Waals surface area contributed by atoms with Gasteiger partial charge in [-0.25, -0.2) is 12.7 Å². The lowest BCUT2D eigenvalue weighted by Gasteiger charge is -2.29. The summed E-state index contributed by atoms with van der Waals surface area (Å²) in [7, 11) is -3.20. The van der Waals surface area contributed by atoms with Crippen LogP contribution in [0, 0.1) is 19.8 Å². The van der Waals surface area contributed by atoms with E-state index in [1.807, 2.05) is 42.8 Å². The predicted molar refractivity (Wildman–Crippen MR) is 110 cm³/mol. The first-order valence-corrected chi connectivity index (χ1v) is 11.4. The standard InChI is InChI=1S/C19H25ClN4O3S/c1-13-18(14(2)24(22-13)12-15-5-4-6-17(20)11-15)21-19(25)16-7-9-23(10-8-16)28(3,26)27/h4-6,11,16H,7-10,12H2,1-3H3,(H,21,25). The topological polar surface area (TPSA) is 84.3 Å². The monoisotopic (exact) mass is 424 g/mol. The Morgan fingerprint density at radius 2 is 1.96 bits per heavy atom. The molecule has 1 N–H and O–H groups in total. The second kappa shape index (κ2) is 8.23. The molecule has 0 unspecified atom stereocenters. The first-order valence-electron chi connectivity index (χ1n) is 9.19. The number of piperidine rings is 1.